The zero-order valence-corrected chi connectivity index (χ0v) is 23.9. The molecule has 0 aliphatic heterocycles. The fourth-order valence-corrected chi connectivity index (χ4v) is 6.74. The van der Waals surface area contributed by atoms with Gasteiger partial charge in [-0.15, -0.1) is 0 Å². The number of para-hydroxylation sites is 4. The third-order valence-corrected chi connectivity index (χ3v) is 8.82. The van der Waals surface area contributed by atoms with Crippen LogP contribution in [0.4, 0.5) is 0 Å². The van der Waals surface area contributed by atoms with Gasteiger partial charge in [0.1, 0.15) is 5.58 Å². The predicted molar refractivity (Wildman–Crippen MR) is 184 cm³/mol. The van der Waals surface area contributed by atoms with Gasteiger partial charge in [0.25, 0.3) is 0 Å². The number of furan rings is 1. The number of benzene rings is 7. The summed E-state index contributed by atoms with van der Waals surface area (Å²) in [6.45, 7) is 0. The van der Waals surface area contributed by atoms with Gasteiger partial charge in [-0.25, -0.2) is 0 Å². The Kier molecular flexibility index (Phi) is 5.54. The molecule has 9 aromatic rings. The van der Waals surface area contributed by atoms with Gasteiger partial charge >= 0.3 is 0 Å². The minimum atomic E-state index is 0.897. The second kappa shape index (κ2) is 9.86. The monoisotopic (exact) mass is 561 g/mol. The van der Waals surface area contributed by atoms with E-state index in [1.807, 2.05) is 0 Å². The van der Waals surface area contributed by atoms with Crippen LogP contribution >= 0.6 is 0 Å². The first-order chi connectivity index (χ1) is 21.8. The highest BCUT2D eigenvalue weighted by Crippen LogP contribution is 2.41. The summed E-state index contributed by atoms with van der Waals surface area (Å²) in [5.74, 6) is 0. The molecular weight excluding hydrogens is 534 g/mol. The number of aromatic nitrogens is 1. The predicted octanol–water partition coefficient (Wildman–Crippen LogP) is 11.7. The van der Waals surface area contributed by atoms with Gasteiger partial charge in [0.2, 0.25) is 0 Å². The van der Waals surface area contributed by atoms with E-state index in [0.29, 0.717) is 0 Å². The van der Waals surface area contributed by atoms with Crippen molar-refractivity contribution >= 4 is 43.7 Å². The SMILES string of the molecule is c1ccc(-c2ccc(-c3cccc(-c4cccc5c4oc4c(-n6c7ccccc7c7ccccc76)cccc45)c3)cc2)cc1. The molecule has 0 bridgehead atoms. The highest BCUT2D eigenvalue weighted by molar-refractivity contribution is 6.14. The minimum Gasteiger partial charge on any atom is -0.453 e. The lowest BCUT2D eigenvalue weighted by atomic mass is 9.96. The molecule has 44 heavy (non-hydrogen) atoms. The maximum Gasteiger partial charge on any atom is 0.159 e. The van der Waals surface area contributed by atoms with E-state index < -0.39 is 0 Å². The van der Waals surface area contributed by atoms with E-state index in [2.05, 4.69) is 168 Å². The van der Waals surface area contributed by atoms with Crippen molar-refractivity contribution in [2.75, 3.05) is 0 Å². The van der Waals surface area contributed by atoms with Gasteiger partial charge in [0.15, 0.2) is 5.58 Å². The largest absolute Gasteiger partial charge is 0.453 e. The summed E-state index contributed by atoms with van der Waals surface area (Å²) in [4.78, 5) is 0. The molecule has 0 N–H and O–H groups in total. The first kappa shape index (κ1) is 24.7. The quantitative estimate of drug-likeness (QED) is 0.209. The molecule has 2 heteroatoms. The van der Waals surface area contributed by atoms with Crippen molar-refractivity contribution in [3.8, 4) is 39.1 Å². The smallest absolute Gasteiger partial charge is 0.159 e. The molecule has 0 amide bonds. The third-order valence-electron chi connectivity index (χ3n) is 8.82. The van der Waals surface area contributed by atoms with E-state index in [4.69, 9.17) is 4.42 Å². The standard InChI is InChI=1S/C42H27NO/c1-2-11-28(12-3-1)29-23-25-30(26-24-29)31-13-8-14-32(27-31)33-17-9-18-36-37-19-10-22-40(42(37)44-41(33)36)43-38-20-6-4-15-34(38)35-16-5-7-21-39(35)43/h1-27H. The normalized spacial score (nSPS) is 11.6. The molecule has 2 heterocycles. The Bertz CT molecular complexity index is 2430. The summed E-state index contributed by atoms with van der Waals surface area (Å²) in [6, 6.07) is 58.3. The van der Waals surface area contributed by atoms with Crippen LogP contribution in [0.25, 0.3) is 82.8 Å². The van der Waals surface area contributed by atoms with Crippen LogP contribution < -0.4 is 0 Å². The van der Waals surface area contributed by atoms with Gasteiger partial charge < -0.3 is 8.98 Å². The molecule has 0 spiro atoms. The van der Waals surface area contributed by atoms with Crippen molar-refractivity contribution in [3.63, 3.8) is 0 Å². The number of rotatable bonds is 4. The molecule has 0 radical (unpaired) electrons. The lowest BCUT2D eigenvalue weighted by Crippen LogP contribution is -1.93. The molecule has 2 aromatic heterocycles. The molecule has 0 aliphatic rings. The molecular formula is C42H27NO. The Morgan fingerprint density at radius 1 is 0.341 bits per heavy atom. The second-order valence-electron chi connectivity index (χ2n) is 11.3. The van der Waals surface area contributed by atoms with Crippen LogP contribution in [0.2, 0.25) is 0 Å². The van der Waals surface area contributed by atoms with Gasteiger partial charge in [0, 0.05) is 27.1 Å². The lowest BCUT2D eigenvalue weighted by Gasteiger charge is -2.08. The Morgan fingerprint density at radius 2 is 0.841 bits per heavy atom. The third kappa shape index (κ3) is 3.82. The summed E-state index contributed by atoms with van der Waals surface area (Å²) < 4.78 is 9.22. The van der Waals surface area contributed by atoms with Crippen molar-refractivity contribution in [1.82, 2.24) is 4.57 Å². The molecule has 0 saturated heterocycles. The Balaban J connectivity index is 1.20. The van der Waals surface area contributed by atoms with E-state index in [1.165, 1.54) is 44.1 Å². The van der Waals surface area contributed by atoms with Crippen LogP contribution in [0, 0.1) is 0 Å². The van der Waals surface area contributed by atoms with Crippen LogP contribution in [-0.4, -0.2) is 4.57 Å². The molecule has 9 rings (SSSR count). The van der Waals surface area contributed by atoms with E-state index in [-0.39, 0.29) is 0 Å². The maximum absolute atomic E-state index is 6.88. The highest BCUT2D eigenvalue weighted by atomic mass is 16.3. The van der Waals surface area contributed by atoms with Crippen molar-refractivity contribution < 1.29 is 4.42 Å². The Labute approximate surface area is 255 Å². The zero-order chi connectivity index (χ0) is 29.0. The van der Waals surface area contributed by atoms with Crippen LogP contribution in [0.1, 0.15) is 0 Å². The van der Waals surface area contributed by atoms with E-state index in [9.17, 15) is 0 Å². The average molecular weight is 562 g/mol. The van der Waals surface area contributed by atoms with Crippen molar-refractivity contribution in [2.45, 2.75) is 0 Å². The lowest BCUT2D eigenvalue weighted by molar-refractivity contribution is 0.667. The second-order valence-corrected chi connectivity index (χ2v) is 11.3. The number of hydrogen-bond donors (Lipinski definition) is 0. The summed E-state index contributed by atoms with van der Waals surface area (Å²) in [6.07, 6.45) is 0. The molecule has 0 atom stereocenters. The fourth-order valence-electron chi connectivity index (χ4n) is 6.74. The highest BCUT2D eigenvalue weighted by Gasteiger charge is 2.19. The van der Waals surface area contributed by atoms with Gasteiger partial charge in [-0.3, -0.25) is 0 Å². The van der Waals surface area contributed by atoms with E-state index >= 15 is 0 Å². The van der Waals surface area contributed by atoms with Gasteiger partial charge in [-0.2, -0.15) is 0 Å². The van der Waals surface area contributed by atoms with Crippen LogP contribution in [0.15, 0.2) is 168 Å². The number of nitrogens with zero attached hydrogens (tertiary/aromatic N) is 1. The molecule has 2 nitrogen and oxygen atoms in total. The molecule has 0 saturated carbocycles. The molecule has 0 aliphatic carbocycles. The van der Waals surface area contributed by atoms with Crippen molar-refractivity contribution in [2.24, 2.45) is 0 Å². The molecule has 7 aromatic carbocycles. The average Bonchev–Trinajstić information content (AvgIpc) is 3.65. The summed E-state index contributed by atoms with van der Waals surface area (Å²) in [5.41, 5.74) is 12.3. The minimum absolute atomic E-state index is 0.897. The van der Waals surface area contributed by atoms with Crippen molar-refractivity contribution in [3.05, 3.63) is 164 Å². The van der Waals surface area contributed by atoms with E-state index in [1.54, 1.807) is 0 Å². The van der Waals surface area contributed by atoms with Gasteiger partial charge in [0.05, 0.1) is 16.7 Å². The zero-order valence-electron chi connectivity index (χ0n) is 23.9. The van der Waals surface area contributed by atoms with Crippen molar-refractivity contribution in [1.29, 1.82) is 0 Å². The molecule has 206 valence electrons. The van der Waals surface area contributed by atoms with Gasteiger partial charge in [-0.1, -0.05) is 140 Å². The summed E-state index contributed by atoms with van der Waals surface area (Å²) >= 11 is 0. The molecule has 0 unspecified atom stereocenters. The van der Waals surface area contributed by atoms with Crippen LogP contribution in [0.3, 0.4) is 0 Å². The summed E-state index contributed by atoms with van der Waals surface area (Å²) in [7, 11) is 0. The Morgan fingerprint density at radius 3 is 1.57 bits per heavy atom. The Hall–Kier alpha value is -5.86. The van der Waals surface area contributed by atoms with E-state index in [0.717, 1.165) is 38.8 Å². The van der Waals surface area contributed by atoms with Gasteiger partial charge in [-0.05, 0) is 52.1 Å². The van der Waals surface area contributed by atoms with Crippen LogP contribution in [0.5, 0.6) is 0 Å². The van der Waals surface area contributed by atoms with Crippen LogP contribution in [-0.2, 0) is 0 Å². The fraction of sp³-hybridized carbons (Fsp3) is 0. The molecule has 0 fully saturated rings. The topological polar surface area (TPSA) is 18.1 Å². The number of hydrogen-bond acceptors (Lipinski definition) is 1. The first-order valence-corrected chi connectivity index (χ1v) is 15.0. The maximum atomic E-state index is 6.88. The first-order valence-electron chi connectivity index (χ1n) is 15.0. The summed E-state index contributed by atoms with van der Waals surface area (Å²) in [5, 5.41) is 4.72. The number of fused-ring (bicyclic) bond motifs is 6.